The SMILES string of the molecule is COC1=c2ccccc2=CCC1. The molecule has 1 aromatic rings. The molecule has 0 unspecified atom stereocenters. The smallest absolute Gasteiger partial charge is 0.104 e. The Balaban J connectivity index is 2.78. The molecule has 1 aliphatic carbocycles. The van der Waals surface area contributed by atoms with Gasteiger partial charge in [0.1, 0.15) is 5.76 Å². The summed E-state index contributed by atoms with van der Waals surface area (Å²) in [5.74, 6) is 1.12. The van der Waals surface area contributed by atoms with E-state index in [0.717, 1.165) is 18.6 Å². The van der Waals surface area contributed by atoms with Gasteiger partial charge in [0, 0.05) is 11.6 Å². The Kier molecular flexibility index (Phi) is 1.86. The van der Waals surface area contributed by atoms with Crippen molar-refractivity contribution < 1.29 is 4.74 Å². The maximum atomic E-state index is 5.31. The summed E-state index contributed by atoms with van der Waals surface area (Å²) in [5, 5.41) is 2.56. The van der Waals surface area contributed by atoms with E-state index < -0.39 is 0 Å². The third-order valence-electron chi connectivity index (χ3n) is 2.24. The second-order valence-corrected chi connectivity index (χ2v) is 2.96. The number of hydrogen-bond acceptors (Lipinski definition) is 1. The molecule has 0 N–H and O–H groups in total. The minimum atomic E-state index is 1.04. The van der Waals surface area contributed by atoms with E-state index in [1.165, 1.54) is 10.4 Å². The molecule has 0 spiro atoms. The molecule has 0 atom stereocenters. The van der Waals surface area contributed by atoms with Gasteiger partial charge in [-0.1, -0.05) is 30.3 Å². The molecule has 1 aliphatic rings. The van der Waals surface area contributed by atoms with Gasteiger partial charge in [-0.2, -0.15) is 0 Å². The number of fused-ring (bicyclic) bond motifs is 1. The fourth-order valence-electron chi connectivity index (χ4n) is 1.63. The van der Waals surface area contributed by atoms with Crippen LogP contribution in [0.3, 0.4) is 0 Å². The van der Waals surface area contributed by atoms with Crippen molar-refractivity contribution in [3.63, 3.8) is 0 Å². The molecule has 0 fully saturated rings. The van der Waals surface area contributed by atoms with E-state index in [9.17, 15) is 0 Å². The van der Waals surface area contributed by atoms with Crippen molar-refractivity contribution in [3.05, 3.63) is 34.7 Å². The van der Waals surface area contributed by atoms with Crippen LogP contribution < -0.4 is 10.4 Å². The molecule has 0 amide bonds. The highest BCUT2D eigenvalue weighted by Gasteiger charge is 2.02. The van der Waals surface area contributed by atoms with Crippen molar-refractivity contribution >= 4 is 11.8 Å². The van der Waals surface area contributed by atoms with Crippen molar-refractivity contribution in [1.82, 2.24) is 0 Å². The lowest BCUT2D eigenvalue weighted by atomic mass is 10.1. The van der Waals surface area contributed by atoms with Crippen LogP contribution in [0.2, 0.25) is 0 Å². The zero-order valence-electron chi connectivity index (χ0n) is 7.21. The number of rotatable bonds is 1. The van der Waals surface area contributed by atoms with Crippen LogP contribution in [0.15, 0.2) is 24.3 Å². The first kappa shape index (κ1) is 7.41. The summed E-state index contributed by atoms with van der Waals surface area (Å²) in [7, 11) is 1.75. The van der Waals surface area contributed by atoms with Crippen LogP contribution in [0.1, 0.15) is 12.8 Å². The molecular formula is C11H12O. The first-order valence-electron chi connectivity index (χ1n) is 4.24. The summed E-state index contributed by atoms with van der Waals surface area (Å²) in [4.78, 5) is 0. The van der Waals surface area contributed by atoms with E-state index >= 15 is 0 Å². The van der Waals surface area contributed by atoms with Crippen LogP contribution >= 0.6 is 0 Å². The fourth-order valence-corrected chi connectivity index (χ4v) is 1.63. The minimum absolute atomic E-state index is 1.04. The van der Waals surface area contributed by atoms with Crippen molar-refractivity contribution in [2.45, 2.75) is 12.8 Å². The summed E-state index contributed by atoms with van der Waals surface area (Å²) < 4.78 is 5.31. The third-order valence-corrected chi connectivity index (χ3v) is 2.24. The Labute approximate surface area is 72.0 Å². The van der Waals surface area contributed by atoms with E-state index in [4.69, 9.17) is 4.74 Å². The quantitative estimate of drug-likeness (QED) is 0.596. The van der Waals surface area contributed by atoms with Gasteiger partial charge in [0.25, 0.3) is 0 Å². The van der Waals surface area contributed by atoms with Gasteiger partial charge in [-0.05, 0) is 11.6 Å². The van der Waals surface area contributed by atoms with E-state index in [-0.39, 0.29) is 0 Å². The maximum Gasteiger partial charge on any atom is 0.104 e. The van der Waals surface area contributed by atoms with E-state index in [2.05, 4.69) is 30.3 Å². The molecule has 0 heterocycles. The van der Waals surface area contributed by atoms with Gasteiger partial charge >= 0.3 is 0 Å². The lowest BCUT2D eigenvalue weighted by Crippen LogP contribution is -2.29. The standard InChI is InChI=1S/C11H12O/c1-12-11-8-4-6-9-5-2-3-7-10(9)11/h2-3,5-7H,4,8H2,1H3. The summed E-state index contributed by atoms with van der Waals surface area (Å²) >= 11 is 0. The van der Waals surface area contributed by atoms with Gasteiger partial charge in [0.15, 0.2) is 0 Å². The summed E-state index contributed by atoms with van der Waals surface area (Å²) in [6.07, 6.45) is 4.39. The number of methoxy groups -OCH3 is 1. The number of hydrogen-bond donors (Lipinski definition) is 0. The highest BCUT2D eigenvalue weighted by atomic mass is 16.5. The molecule has 1 heteroatoms. The number of ether oxygens (including phenoxy) is 1. The fraction of sp³-hybridized carbons (Fsp3) is 0.273. The molecule has 1 aromatic carbocycles. The van der Waals surface area contributed by atoms with Gasteiger partial charge < -0.3 is 4.74 Å². The highest BCUT2D eigenvalue weighted by molar-refractivity contribution is 5.45. The molecule has 12 heavy (non-hydrogen) atoms. The van der Waals surface area contributed by atoms with Crippen LogP contribution in [-0.2, 0) is 4.74 Å². The van der Waals surface area contributed by atoms with E-state index in [1.807, 2.05) is 0 Å². The largest absolute Gasteiger partial charge is 0.500 e. The van der Waals surface area contributed by atoms with E-state index in [1.54, 1.807) is 7.11 Å². The summed E-state index contributed by atoms with van der Waals surface area (Å²) in [6.45, 7) is 0. The molecule has 1 nitrogen and oxygen atoms in total. The van der Waals surface area contributed by atoms with Crippen LogP contribution in [0.25, 0.3) is 11.8 Å². The van der Waals surface area contributed by atoms with Crippen molar-refractivity contribution in [3.8, 4) is 0 Å². The Bertz CT molecular complexity index is 390. The monoisotopic (exact) mass is 160 g/mol. The Morgan fingerprint density at radius 3 is 2.92 bits per heavy atom. The van der Waals surface area contributed by atoms with Gasteiger partial charge in [-0.3, -0.25) is 0 Å². The van der Waals surface area contributed by atoms with Crippen molar-refractivity contribution in [2.24, 2.45) is 0 Å². The van der Waals surface area contributed by atoms with Gasteiger partial charge in [0.05, 0.1) is 7.11 Å². The first-order chi connectivity index (χ1) is 5.92. The van der Waals surface area contributed by atoms with E-state index in [0.29, 0.717) is 0 Å². The predicted molar refractivity (Wildman–Crippen MR) is 49.8 cm³/mol. The lowest BCUT2D eigenvalue weighted by Gasteiger charge is -2.08. The Morgan fingerprint density at radius 2 is 2.08 bits per heavy atom. The van der Waals surface area contributed by atoms with Crippen LogP contribution in [-0.4, -0.2) is 7.11 Å². The minimum Gasteiger partial charge on any atom is -0.500 e. The lowest BCUT2D eigenvalue weighted by molar-refractivity contribution is 0.348. The van der Waals surface area contributed by atoms with Crippen LogP contribution in [0.5, 0.6) is 0 Å². The predicted octanol–water partition coefficient (Wildman–Crippen LogP) is 1.02. The summed E-state index contributed by atoms with van der Waals surface area (Å²) in [6, 6.07) is 8.36. The zero-order valence-corrected chi connectivity index (χ0v) is 7.21. The maximum absolute atomic E-state index is 5.31. The Morgan fingerprint density at radius 1 is 1.25 bits per heavy atom. The van der Waals surface area contributed by atoms with Gasteiger partial charge in [0.2, 0.25) is 0 Å². The Hall–Kier alpha value is -1.24. The van der Waals surface area contributed by atoms with Crippen molar-refractivity contribution in [1.29, 1.82) is 0 Å². The van der Waals surface area contributed by atoms with Gasteiger partial charge in [-0.25, -0.2) is 0 Å². The summed E-state index contributed by atoms with van der Waals surface area (Å²) in [5.41, 5.74) is 0. The van der Waals surface area contributed by atoms with Gasteiger partial charge in [-0.15, -0.1) is 0 Å². The molecule has 62 valence electrons. The topological polar surface area (TPSA) is 9.23 Å². The first-order valence-corrected chi connectivity index (χ1v) is 4.24. The molecular weight excluding hydrogens is 148 g/mol. The van der Waals surface area contributed by atoms with Crippen LogP contribution in [0.4, 0.5) is 0 Å². The molecule has 0 aliphatic heterocycles. The molecule has 0 saturated heterocycles. The number of benzene rings is 1. The normalized spacial score (nSPS) is 14.9. The molecule has 0 saturated carbocycles. The average molecular weight is 160 g/mol. The third kappa shape index (κ3) is 1.11. The molecule has 0 radical (unpaired) electrons. The average Bonchev–Trinajstić information content (AvgIpc) is 2.17. The zero-order chi connectivity index (χ0) is 8.39. The second-order valence-electron chi connectivity index (χ2n) is 2.96. The molecule has 2 rings (SSSR count). The molecule has 0 bridgehead atoms. The van der Waals surface area contributed by atoms with Crippen molar-refractivity contribution in [2.75, 3.05) is 7.11 Å². The van der Waals surface area contributed by atoms with Crippen LogP contribution in [0, 0.1) is 0 Å². The molecule has 0 aromatic heterocycles. The highest BCUT2D eigenvalue weighted by Crippen LogP contribution is 2.07. The second kappa shape index (κ2) is 3.02.